The number of halogens is 2. The molecule has 2 aromatic carbocycles. The van der Waals surface area contributed by atoms with Gasteiger partial charge in [0.15, 0.2) is 12.1 Å². The predicted molar refractivity (Wildman–Crippen MR) is 149 cm³/mol. The standard InChI is InChI=1S/C20H20F2N2O2S2.C4H10.C3H8O/c1-3-27-20-10-17-19(11-18(20)26-13-15(22)12-25)28-23(2)8-9-24(17)16-6-4-14(21)5-7-16;2*1-3-4-2/h4-7,10-13H,3,8-9H2,1-2H3;3-4H2,1-2H3;3H2,1-2H3/b15-13-;;. The minimum Gasteiger partial charge on any atom is -0.461 e. The van der Waals surface area contributed by atoms with Crippen LogP contribution in [0.5, 0.6) is 5.75 Å². The van der Waals surface area contributed by atoms with Crippen LogP contribution in [-0.2, 0) is 9.53 Å². The maximum atomic E-state index is 13.4. The fraction of sp³-hybridized carbons (Fsp3) is 0.444. The van der Waals surface area contributed by atoms with Crippen LogP contribution in [-0.4, -0.2) is 50.2 Å². The lowest BCUT2D eigenvalue weighted by atomic mass is 10.2. The molecule has 1 heterocycles. The Morgan fingerprint density at radius 3 is 2.28 bits per heavy atom. The van der Waals surface area contributed by atoms with Crippen molar-refractivity contribution < 1.29 is 23.0 Å². The van der Waals surface area contributed by atoms with E-state index in [-0.39, 0.29) is 12.1 Å². The largest absolute Gasteiger partial charge is 0.461 e. The van der Waals surface area contributed by atoms with E-state index in [1.165, 1.54) is 25.0 Å². The molecule has 0 radical (unpaired) electrons. The third-order valence-corrected chi connectivity index (χ3v) is 6.78. The fourth-order valence-corrected chi connectivity index (χ4v) is 4.47. The van der Waals surface area contributed by atoms with Crippen molar-refractivity contribution in [3.05, 3.63) is 54.3 Å². The topological polar surface area (TPSA) is 42.0 Å². The third kappa shape index (κ3) is 10.9. The summed E-state index contributed by atoms with van der Waals surface area (Å²) in [6.45, 7) is 10.7. The number of hydrogen-bond donors (Lipinski definition) is 0. The van der Waals surface area contributed by atoms with E-state index >= 15 is 0 Å². The van der Waals surface area contributed by atoms with Gasteiger partial charge in [-0.25, -0.2) is 8.70 Å². The monoisotopic (exact) mass is 540 g/mol. The minimum atomic E-state index is -0.972. The van der Waals surface area contributed by atoms with Crippen LogP contribution in [0.1, 0.15) is 40.5 Å². The quantitative estimate of drug-likeness (QED) is 0.111. The molecule has 0 aliphatic carbocycles. The highest BCUT2D eigenvalue weighted by atomic mass is 32.2. The van der Waals surface area contributed by atoms with Gasteiger partial charge in [0.1, 0.15) is 17.8 Å². The molecule has 0 aromatic heterocycles. The molecular weight excluding hydrogens is 502 g/mol. The number of unbranched alkanes of at least 4 members (excludes halogenated alkanes) is 1. The maximum Gasteiger partial charge on any atom is 0.197 e. The van der Waals surface area contributed by atoms with Crippen LogP contribution in [0.2, 0.25) is 0 Å². The zero-order valence-corrected chi connectivity index (χ0v) is 23.7. The molecule has 5 nitrogen and oxygen atoms in total. The normalized spacial score (nSPS) is 13.4. The van der Waals surface area contributed by atoms with Crippen molar-refractivity contribution >= 4 is 41.4 Å². The van der Waals surface area contributed by atoms with Gasteiger partial charge in [-0.2, -0.15) is 4.39 Å². The van der Waals surface area contributed by atoms with Gasteiger partial charge in [0.25, 0.3) is 0 Å². The molecule has 2 aromatic rings. The number of anilines is 2. The summed E-state index contributed by atoms with van der Waals surface area (Å²) in [4.78, 5) is 14.4. The smallest absolute Gasteiger partial charge is 0.197 e. The molecule has 0 fully saturated rings. The molecule has 200 valence electrons. The number of fused-ring (bicyclic) bond motifs is 1. The van der Waals surface area contributed by atoms with Gasteiger partial charge in [-0.1, -0.05) is 33.6 Å². The molecule has 36 heavy (non-hydrogen) atoms. The van der Waals surface area contributed by atoms with Crippen LogP contribution in [0, 0.1) is 5.82 Å². The van der Waals surface area contributed by atoms with Crippen LogP contribution in [0.25, 0.3) is 0 Å². The predicted octanol–water partition coefficient (Wildman–Crippen LogP) is 7.88. The van der Waals surface area contributed by atoms with Crippen LogP contribution in [0.15, 0.2) is 58.3 Å². The highest BCUT2D eigenvalue weighted by Crippen LogP contribution is 2.44. The Kier molecular flexibility index (Phi) is 16.2. The van der Waals surface area contributed by atoms with Crippen LogP contribution >= 0.6 is 23.7 Å². The summed E-state index contributed by atoms with van der Waals surface area (Å²) in [5, 5.41) is 0. The molecule has 0 N–H and O–H groups in total. The van der Waals surface area contributed by atoms with Crippen molar-refractivity contribution in [2.75, 3.05) is 44.5 Å². The summed E-state index contributed by atoms with van der Waals surface area (Å²) >= 11 is 3.13. The first kappa shape index (κ1) is 32.0. The van der Waals surface area contributed by atoms with Crippen molar-refractivity contribution in [2.24, 2.45) is 0 Å². The first-order chi connectivity index (χ1) is 17.3. The first-order valence-electron chi connectivity index (χ1n) is 12.0. The van der Waals surface area contributed by atoms with Crippen LogP contribution in [0.3, 0.4) is 0 Å². The van der Waals surface area contributed by atoms with E-state index in [4.69, 9.17) is 4.74 Å². The molecule has 0 saturated carbocycles. The van der Waals surface area contributed by atoms with E-state index in [0.717, 1.165) is 52.9 Å². The average molecular weight is 541 g/mol. The number of carbonyl (C=O) groups excluding carboxylic acids is 1. The number of thioether (sulfide) groups is 1. The average Bonchev–Trinajstić information content (AvgIpc) is 3.05. The highest BCUT2D eigenvalue weighted by molar-refractivity contribution is 7.99. The second-order valence-corrected chi connectivity index (χ2v) is 10.1. The molecule has 0 saturated heterocycles. The Morgan fingerprint density at radius 2 is 1.75 bits per heavy atom. The molecule has 1 aliphatic heterocycles. The summed E-state index contributed by atoms with van der Waals surface area (Å²) in [5.74, 6) is 0.0448. The zero-order chi connectivity index (χ0) is 26.9. The van der Waals surface area contributed by atoms with Gasteiger partial charge in [-0.05, 0) is 68.1 Å². The van der Waals surface area contributed by atoms with Gasteiger partial charge in [0, 0.05) is 32.5 Å². The molecule has 0 amide bonds. The van der Waals surface area contributed by atoms with Gasteiger partial charge >= 0.3 is 0 Å². The molecule has 0 unspecified atom stereocenters. The SMILES string of the molecule is CCCC.CCOC.CCSc1cc2c(cc1O/C=C(\F)C=O)SN(C)CCN2c1ccc(F)cc1. The molecule has 1 aliphatic rings. The van der Waals surface area contributed by atoms with Gasteiger partial charge in [-0.15, -0.1) is 11.8 Å². The number of likely N-dealkylation sites (N-methyl/N-ethyl adjacent to an activating group) is 1. The Balaban J connectivity index is 0.000000709. The van der Waals surface area contributed by atoms with Crippen molar-refractivity contribution in [1.82, 2.24) is 4.31 Å². The van der Waals surface area contributed by atoms with E-state index < -0.39 is 5.83 Å². The summed E-state index contributed by atoms with van der Waals surface area (Å²) in [7, 11) is 3.67. The van der Waals surface area contributed by atoms with Crippen LogP contribution < -0.4 is 9.64 Å². The minimum absolute atomic E-state index is 0.106. The van der Waals surface area contributed by atoms with Crippen molar-refractivity contribution in [2.45, 2.75) is 50.3 Å². The van der Waals surface area contributed by atoms with Gasteiger partial charge in [0.05, 0.1) is 15.5 Å². The number of methoxy groups -OCH3 is 1. The Morgan fingerprint density at radius 1 is 1.11 bits per heavy atom. The van der Waals surface area contributed by atoms with E-state index in [9.17, 15) is 13.6 Å². The van der Waals surface area contributed by atoms with Gasteiger partial charge < -0.3 is 14.4 Å². The number of aldehydes is 1. The van der Waals surface area contributed by atoms with E-state index in [1.807, 2.05) is 33.0 Å². The zero-order valence-electron chi connectivity index (χ0n) is 22.1. The molecule has 9 heteroatoms. The summed E-state index contributed by atoms with van der Waals surface area (Å²) in [6.07, 6.45) is 3.56. The van der Waals surface area contributed by atoms with Crippen molar-refractivity contribution in [1.29, 1.82) is 0 Å². The summed E-state index contributed by atoms with van der Waals surface area (Å²) < 4.78 is 38.7. The molecule has 0 spiro atoms. The number of ether oxygens (including phenoxy) is 2. The van der Waals surface area contributed by atoms with E-state index in [0.29, 0.717) is 5.75 Å². The lowest BCUT2D eigenvalue weighted by Gasteiger charge is -2.25. The number of carbonyl (C=O) groups is 1. The molecular formula is C27H38F2N2O3S2. The van der Waals surface area contributed by atoms with Crippen molar-refractivity contribution in [3.8, 4) is 5.75 Å². The third-order valence-electron chi connectivity index (χ3n) is 4.85. The number of rotatable bonds is 8. The molecule has 0 bridgehead atoms. The summed E-state index contributed by atoms with van der Waals surface area (Å²) in [6, 6.07) is 10.3. The highest BCUT2D eigenvalue weighted by Gasteiger charge is 2.23. The number of hydrogen-bond acceptors (Lipinski definition) is 7. The fourth-order valence-electron chi connectivity index (χ4n) is 2.79. The second-order valence-electron chi connectivity index (χ2n) is 7.59. The second kappa shape index (κ2) is 18.2. The Hall–Kier alpha value is -2.07. The Bertz CT molecular complexity index is 935. The van der Waals surface area contributed by atoms with Crippen molar-refractivity contribution in [3.63, 3.8) is 0 Å². The Labute approximate surface area is 223 Å². The number of allylic oxidation sites excluding steroid dienone is 1. The molecule has 3 rings (SSSR count). The summed E-state index contributed by atoms with van der Waals surface area (Å²) in [5.41, 5.74) is 1.87. The lowest BCUT2D eigenvalue weighted by molar-refractivity contribution is -0.106. The van der Waals surface area contributed by atoms with Crippen LogP contribution in [0.4, 0.5) is 20.2 Å². The maximum absolute atomic E-state index is 13.4. The molecule has 0 atom stereocenters. The number of benzene rings is 2. The first-order valence-corrected chi connectivity index (χ1v) is 13.8. The van der Waals surface area contributed by atoms with E-state index in [2.05, 4.69) is 27.8 Å². The van der Waals surface area contributed by atoms with Gasteiger partial charge in [0.2, 0.25) is 0 Å². The van der Waals surface area contributed by atoms with Gasteiger partial charge in [-0.3, -0.25) is 4.79 Å². The number of nitrogens with zero attached hydrogens (tertiary/aromatic N) is 2. The lowest BCUT2D eigenvalue weighted by Crippen LogP contribution is -2.24. The van der Waals surface area contributed by atoms with E-state index in [1.54, 1.807) is 43.0 Å².